The number of carbonyl (C=O) groups excluding carboxylic acids is 1. The molecule has 2 unspecified atom stereocenters. The van der Waals surface area contributed by atoms with Crippen LogP contribution in [-0.2, 0) is 9.59 Å². The molecule has 0 aromatic carbocycles. The van der Waals surface area contributed by atoms with E-state index in [9.17, 15) is 14.7 Å². The highest BCUT2D eigenvalue weighted by atomic mass is 16.4. The average Bonchev–Trinajstić information content (AvgIpc) is 2.75. The van der Waals surface area contributed by atoms with Crippen LogP contribution in [0.2, 0.25) is 0 Å². The average molecular weight is 441 g/mol. The normalized spacial score (nSPS) is 34.5. The summed E-state index contributed by atoms with van der Waals surface area (Å²) in [6.07, 6.45) is 4.42. The van der Waals surface area contributed by atoms with Gasteiger partial charge in [0, 0.05) is 37.9 Å². The lowest BCUT2D eigenvalue weighted by atomic mass is 9.48. The Morgan fingerprint density at radius 3 is 2.34 bits per heavy atom. The van der Waals surface area contributed by atoms with Gasteiger partial charge in [0.15, 0.2) is 0 Å². The minimum atomic E-state index is -0.622. The molecule has 5 fully saturated rings. The number of anilines is 1. The summed E-state index contributed by atoms with van der Waals surface area (Å²) < 4.78 is 0. The fraction of sp³-hybridized carbons (Fsp3) is 0.720. The van der Waals surface area contributed by atoms with Gasteiger partial charge >= 0.3 is 5.97 Å². The van der Waals surface area contributed by atoms with E-state index in [-0.39, 0.29) is 11.9 Å². The summed E-state index contributed by atoms with van der Waals surface area (Å²) in [4.78, 5) is 34.7. The zero-order valence-corrected chi connectivity index (χ0v) is 19.5. The highest BCUT2D eigenvalue weighted by Gasteiger charge is 2.59. The number of rotatable bonds is 5. The number of aliphatic carboxylic acids is 1. The van der Waals surface area contributed by atoms with E-state index in [1.807, 2.05) is 32.9 Å². The number of nitrogens with zero attached hydrogens (tertiary/aromatic N) is 3. The van der Waals surface area contributed by atoms with Crippen molar-refractivity contribution in [1.82, 2.24) is 15.2 Å². The molecule has 2 N–H and O–H groups in total. The Bertz CT molecular complexity index is 892. The molecule has 0 spiro atoms. The molecule has 32 heavy (non-hydrogen) atoms. The van der Waals surface area contributed by atoms with Crippen LogP contribution in [0.15, 0.2) is 18.2 Å². The van der Waals surface area contributed by atoms with Gasteiger partial charge in [-0.25, -0.2) is 4.98 Å². The zero-order chi connectivity index (χ0) is 22.7. The summed E-state index contributed by atoms with van der Waals surface area (Å²) in [5.41, 5.74) is -0.108. The number of nitrogens with one attached hydrogen (secondary N) is 1. The SMILES string of the molecule is Cc1cccc(N2CCN(C(C)(C)C(=O)NC3C4CC5CC3CC(C(=O)O)(C5)C4)CC2)n1. The first-order chi connectivity index (χ1) is 15.2. The summed E-state index contributed by atoms with van der Waals surface area (Å²) in [6, 6.07) is 6.23. The van der Waals surface area contributed by atoms with Crippen molar-refractivity contribution in [1.29, 1.82) is 0 Å². The Hall–Kier alpha value is -2.15. The first kappa shape index (κ1) is 21.7. The van der Waals surface area contributed by atoms with Gasteiger partial charge in [-0.1, -0.05) is 6.07 Å². The van der Waals surface area contributed by atoms with Gasteiger partial charge in [-0.2, -0.15) is 0 Å². The van der Waals surface area contributed by atoms with Gasteiger partial charge < -0.3 is 15.3 Å². The molecule has 5 aliphatic rings. The number of carboxylic acid groups (broad SMARTS) is 1. The van der Waals surface area contributed by atoms with Gasteiger partial charge in [0.1, 0.15) is 5.82 Å². The van der Waals surface area contributed by atoms with Gasteiger partial charge in [-0.05, 0) is 82.8 Å². The number of amides is 1. The molecule has 2 heterocycles. The molecular weight excluding hydrogens is 404 g/mol. The van der Waals surface area contributed by atoms with Crippen LogP contribution in [0.25, 0.3) is 0 Å². The maximum absolute atomic E-state index is 13.5. The van der Waals surface area contributed by atoms with E-state index in [0.29, 0.717) is 17.8 Å². The van der Waals surface area contributed by atoms with Crippen LogP contribution in [0.5, 0.6) is 0 Å². The lowest BCUT2D eigenvalue weighted by molar-refractivity contribution is -0.168. The van der Waals surface area contributed by atoms with Crippen LogP contribution in [-0.4, -0.2) is 64.6 Å². The highest BCUT2D eigenvalue weighted by Crippen LogP contribution is 2.60. The number of hydrogen-bond donors (Lipinski definition) is 2. The number of piperazine rings is 1. The van der Waals surface area contributed by atoms with E-state index in [4.69, 9.17) is 0 Å². The maximum atomic E-state index is 13.5. The van der Waals surface area contributed by atoms with Crippen molar-refractivity contribution in [3.8, 4) is 0 Å². The Kier molecular flexibility index (Phi) is 5.23. The largest absolute Gasteiger partial charge is 0.481 e. The van der Waals surface area contributed by atoms with E-state index >= 15 is 0 Å². The number of aromatic nitrogens is 1. The second-order valence-corrected chi connectivity index (χ2v) is 11.2. The molecule has 4 bridgehead atoms. The fourth-order valence-electron chi connectivity index (χ4n) is 7.19. The van der Waals surface area contributed by atoms with Gasteiger partial charge in [0.2, 0.25) is 5.91 Å². The Labute approximate surface area is 190 Å². The smallest absolute Gasteiger partial charge is 0.309 e. The van der Waals surface area contributed by atoms with Crippen molar-refractivity contribution in [2.75, 3.05) is 31.1 Å². The van der Waals surface area contributed by atoms with Gasteiger partial charge in [0.25, 0.3) is 0 Å². The minimum absolute atomic E-state index is 0.0847. The third-order valence-electron chi connectivity index (χ3n) is 8.85. The predicted molar refractivity (Wildman–Crippen MR) is 122 cm³/mol. The monoisotopic (exact) mass is 440 g/mol. The second-order valence-electron chi connectivity index (χ2n) is 11.2. The van der Waals surface area contributed by atoms with Crippen molar-refractivity contribution in [3.05, 3.63) is 23.9 Å². The number of pyridine rings is 1. The maximum Gasteiger partial charge on any atom is 0.309 e. The molecule has 1 aromatic heterocycles. The first-order valence-electron chi connectivity index (χ1n) is 12.2. The van der Waals surface area contributed by atoms with Crippen LogP contribution in [0.1, 0.15) is 51.6 Å². The zero-order valence-electron chi connectivity index (χ0n) is 19.5. The van der Waals surface area contributed by atoms with Crippen molar-refractivity contribution in [2.45, 2.75) is 64.5 Å². The molecule has 7 nitrogen and oxygen atoms in total. The number of hydrogen-bond acceptors (Lipinski definition) is 5. The van der Waals surface area contributed by atoms with E-state index in [0.717, 1.165) is 69.8 Å². The number of carboxylic acids is 1. The Morgan fingerprint density at radius 1 is 1.09 bits per heavy atom. The van der Waals surface area contributed by atoms with Crippen molar-refractivity contribution in [3.63, 3.8) is 0 Å². The third-order valence-corrected chi connectivity index (χ3v) is 8.85. The lowest BCUT2D eigenvalue weighted by Gasteiger charge is -2.58. The Balaban J connectivity index is 1.22. The lowest BCUT2D eigenvalue weighted by Crippen LogP contribution is -2.66. The molecule has 1 aromatic rings. The van der Waals surface area contributed by atoms with Gasteiger partial charge in [-0.3, -0.25) is 14.5 Å². The van der Waals surface area contributed by atoms with Crippen LogP contribution >= 0.6 is 0 Å². The van der Waals surface area contributed by atoms with Gasteiger partial charge in [0.05, 0.1) is 11.0 Å². The second kappa shape index (κ2) is 7.72. The Morgan fingerprint density at radius 2 is 1.75 bits per heavy atom. The van der Waals surface area contributed by atoms with E-state index in [1.165, 1.54) is 0 Å². The van der Waals surface area contributed by atoms with Crippen LogP contribution in [0.4, 0.5) is 5.82 Å². The molecule has 1 aliphatic heterocycles. The summed E-state index contributed by atoms with van der Waals surface area (Å²) in [5, 5.41) is 13.3. The van der Waals surface area contributed by atoms with Crippen LogP contribution in [0.3, 0.4) is 0 Å². The molecule has 1 saturated heterocycles. The molecule has 7 heteroatoms. The molecule has 2 atom stereocenters. The fourth-order valence-corrected chi connectivity index (χ4v) is 7.19. The molecule has 6 rings (SSSR count). The van der Waals surface area contributed by atoms with Crippen molar-refractivity contribution >= 4 is 17.7 Å². The first-order valence-corrected chi connectivity index (χ1v) is 12.2. The molecule has 0 radical (unpaired) electrons. The van der Waals surface area contributed by atoms with E-state index < -0.39 is 16.9 Å². The highest BCUT2D eigenvalue weighted by molar-refractivity contribution is 5.86. The van der Waals surface area contributed by atoms with Crippen LogP contribution in [0, 0.1) is 30.1 Å². The quantitative estimate of drug-likeness (QED) is 0.732. The number of aryl methyl sites for hydroxylation is 1. The van der Waals surface area contributed by atoms with Crippen LogP contribution < -0.4 is 10.2 Å². The van der Waals surface area contributed by atoms with Crippen molar-refractivity contribution < 1.29 is 14.7 Å². The standard InChI is InChI=1S/C25H36N4O3/c1-16-5-4-6-20(26-16)28-7-9-29(10-8-28)24(2,3)22(30)27-21-18-11-17-12-19(21)15-25(13-17,14-18)23(31)32/h4-6,17-19,21H,7-15H2,1-3H3,(H,27,30)(H,31,32). The molecule has 174 valence electrons. The summed E-state index contributed by atoms with van der Waals surface area (Å²) in [7, 11) is 0. The minimum Gasteiger partial charge on any atom is -0.481 e. The van der Waals surface area contributed by atoms with Gasteiger partial charge in [-0.15, -0.1) is 0 Å². The van der Waals surface area contributed by atoms with E-state index in [2.05, 4.69) is 26.2 Å². The molecule has 4 aliphatic carbocycles. The van der Waals surface area contributed by atoms with Crippen molar-refractivity contribution in [2.24, 2.45) is 23.2 Å². The predicted octanol–water partition coefficient (Wildman–Crippen LogP) is 2.69. The van der Waals surface area contributed by atoms with E-state index in [1.54, 1.807) is 0 Å². The summed E-state index contributed by atoms with van der Waals surface area (Å²) in [5.74, 6) is 1.60. The third kappa shape index (κ3) is 3.58. The summed E-state index contributed by atoms with van der Waals surface area (Å²) in [6.45, 7) is 9.40. The number of carbonyl (C=O) groups is 2. The molecule has 1 amide bonds. The molecule has 4 saturated carbocycles. The topological polar surface area (TPSA) is 85.8 Å². The molecular formula is C25H36N4O3. The summed E-state index contributed by atoms with van der Waals surface area (Å²) >= 11 is 0.